The minimum atomic E-state index is -0.951. The van der Waals surface area contributed by atoms with Crippen LogP contribution < -0.4 is 4.90 Å². The smallest absolute Gasteiger partial charge is 0.335 e. The molecule has 0 spiro atoms. The molecule has 3 nitrogen and oxygen atoms in total. The molecule has 0 radical (unpaired) electrons. The molecule has 1 atom stereocenters. The third-order valence-corrected chi connectivity index (χ3v) is 3.45. The number of rotatable bonds is 6. The molecule has 0 saturated carbocycles. The van der Waals surface area contributed by atoms with Gasteiger partial charge in [-0.2, -0.15) is 0 Å². The summed E-state index contributed by atoms with van der Waals surface area (Å²) in [5.41, 5.74) is 1.13. The molecule has 0 aliphatic heterocycles. The summed E-state index contributed by atoms with van der Waals surface area (Å²) in [5, 5.41) is 9.41. The molecule has 1 aromatic rings. The van der Waals surface area contributed by atoms with Crippen molar-refractivity contribution < 1.29 is 9.90 Å². The van der Waals surface area contributed by atoms with Crippen LogP contribution in [0.25, 0.3) is 0 Å². The highest BCUT2D eigenvalue weighted by Gasteiger charge is 2.13. The molecule has 18 heavy (non-hydrogen) atoms. The number of carbonyl (C=O) groups is 1. The summed E-state index contributed by atoms with van der Waals surface area (Å²) < 4.78 is 0. The lowest BCUT2D eigenvalue weighted by atomic mass is 10.1. The molecule has 0 fully saturated rings. The molecule has 100 valence electrons. The van der Waals surface area contributed by atoms with Crippen LogP contribution in [-0.2, 0) is 0 Å². The highest BCUT2D eigenvalue weighted by Crippen LogP contribution is 2.27. The van der Waals surface area contributed by atoms with E-state index in [2.05, 4.69) is 25.7 Å². The summed E-state index contributed by atoms with van der Waals surface area (Å²) in [4.78, 5) is 13.0. The van der Waals surface area contributed by atoms with Crippen molar-refractivity contribution in [3.05, 3.63) is 28.8 Å². The van der Waals surface area contributed by atoms with Crippen LogP contribution in [0, 0.1) is 5.92 Å². The molecule has 0 saturated heterocycles. The second-order valence-electron chi connectivity index (χ2n) is 4.52. The Morgan fingerprint density at radius 2 is 2.11 bits per heavy atom. The highest BCUT2D eigenvalue weighted by molar-refractivity contribution is 6.33. The Balaban J connectivity index is 2.96. The van der Waals surface area contributed by atoms with Crippen LogP contribution >= 0.6 is 11.6 Å². The van der Waals surface area contributed by atoms with Crippen molar-refractivity contribution in [3.8, 4) is 0 Å². The number of anilines is 1. The van der Waals surface area contributed by atoms with Gasteiger partial charge in [0, 0.05) is 13.1 Å². The van der Waals surface area contributed by atoms with Crippen LogP contribution in [0.15, 0.2) is 18.2 Å². The maximum atomic E-state index is 10.9. The zero-order valence-corrected chi connectivity index (χ0v) is 11.9. The van der Waals surface area contributed by atoms with E-state index >= 15 is 0 Å². The van der Waals surface area contributed by atoms with Crippen molar-refractivity contribution in [3.63, 3.8) is 0 Å². The Labute approximate surface area is 113 Å². The summed E-state index contributed by atoms with van der Waals surface area (Å²) >= 11 is 6.17. The lowest BCUT2D eigenvalue weighted by Gasteiger charge is -2.27. The maximum Gasteiger partial charge on any atom is 0.335 e. The molecule has 0 aliphatic rings. The zero-order valence-electron chi connectivity index (χ0n) is 11.1. The fourth-order valence-electron chi connectivity index (χ4n) is 1.80. The van der Waals surface area contributed by atoms with Crippen LogP contribution in [0.2, 0.25) is 5.02 Å². The molecule has 1 N–H and O–H groups in total. The normalized spacial score (nSPS) is 12.2. The number of carboxylic acids is 1. The molecule has 1 aromatic carbocycles. The fourth-order valence-corrected chi connectivity index (χ4v) is 2.10. The summed E-state index contributed by atoms with van der Waals surface area (Å²) in [7, 11) is 0. The molecule has 1 rings (SSSR count). The SMILES string of the molecule is CCC(C)CN(CC)c1ccc(C(=O)O)cc1Cl. The van der Waals surface area contributed by atoms with Gasteiger partial charge in [0.05, 0.1) is 16.3 Å². The van der Waals surface area contributed by atoms with Gasteiger partial charge < -0.3 is 10.0 Å². The van der Waals surface area contributed by atoms with E-state index in [0.29, 0.717) is 10.9 Å². The van der Waals surface area contributed by atoms with Crippen LogP contribution in [0.4, 0.5) is 5.69 Å². The average molecular weight is 270 g/mol. The van der Waals surface area contributed by atoms with E-state index in [1.807, 2.05) is 0 Å². The van der Waals surface area contributed by atoms with Crippen molar-refractivity contribution in [2.24, 2.45) is 5.92 Å². The number of carboxylic acid groups (broad SMARTS) is 1. The first-order valence-corrected chi connectivity index (χ1v) is 6.65. The Morgan fingerprint density at radius 1 is 1.44 bits per heavy atom. The van der Waals surface area contributed by atoms with Crippen molar-refractivity contribution >= 4 is 23.3 Å². The fraction of sp³-hybridized carbons (Fsp3) is 0.500. The van der Waals surface area contributed by atoms with Gasteiger partial charge in [-0.05, 0) is 31.0 Å². The lowest BCUT2D eigenvalue weighted by Crippen LogP contribution is -2.28. The topological polar surface area (TPSA) is 40.5 Å². The minimum absolute atomic E-state index is 0.225. The Bertz CT molecular complexity index is 420. The van der Waals surface area contributed by atoms with Gasteiger partial charge in [-0.25, -0.2) is 4.79 Å². The van der Waals surface area contributed by atoms with Gasteiger partial charge in [-0.1, -0.05) is 31.9 Å². The third kappa shape index (κ3) is 3.64. The van der Waals surface area contributed by atoms with Gasteiger partial charge in [0.1, 0.15) is 0 Å². The van der Waals surface area contributed by atoms with Gasteiger partial charge in [0.15, 0.2) is 0 Å². The van der Waals surface area contributed by atoms with E-state index in [9.17, 15) is 4.79 Å². The summed E-state index contributed by atoms with van der Waals surface area (Å²) in [5.74, 6) is -0.367. The largest absolute Gasteiger partial charge is 0.478 e. The van der Waals surface area contributed by atoms with Gasteiger partial charge in [-0.3, -0.25) is 0 Å². The summed E-state index contributed by atoms with van der Waals surface area (Å²) in [6.07, 6.45) is 1.11. The van der Waals surface area contributed by atoms with Crippen molar-refractivity contribution in [1.82, 2.24) is 0 Å². The molecule has 4 heteroatoms. The van der Waals surface area contributed by atoms with E-state index in [-0.39, 0.29) is 5.56 Å². The summed E-state index contributed by atoms with van der Waals surface area (Å²) in [6, 6.07) is 4.90. The van der Waals surface area contributed by atoms with E-state index in [1.165, 1.54) is 6.07 Å². The second-order valence-corrected chi connectivity index (χ2v) is 4.93. The lowest BCUT2D eigenvalue weighted by molar-refractivity contribution is 0.0697. The molecular weight excluding hydrogens is 250 g/mol. The third-order valence-electron chi connectivity index (χ3n) is 3.15. The number of aromatic carboxylic acids is 1. The van der Waals surface area contributed by atoms with Crippen molar-refractivity contribution in [2.75, 3.05) is 18.0 Å². The second kappa shape index (κ2) is 6.64. The van der Waals surface area contributed by atoms with Gasteiger partial charge >= 0.3 is 5.97 Å². The van der Waals surface area contributed by atoms with Crippen LogP contribution in [-0.4, -0.2) is 24.2 Å². The molecule has 0 amide bonds. The first kappa shape index (κ1) is 14.8. The Hall–Kier alpha value is -1.22. The average Bonchev–Trinajstić information content (AvgIpc) is 2.35. The van der Waals surface area contributed by atoms with Crippen molar-refractivity contribution in [1.29, 1.82) is 0 Å². The minimum Gasteiger partial charge on any atom is -0.478 e. The van der Waals surface area contributed by atoms with Crippen LogP contribution in [0.3, 0.4) is 0 Å². The van der Waals surface area contributed by atoms with Gasteiger partial charge in [0.25, 0.3) is 0 Å². The predicted octanol–water partition coefficient (Wildman–Crippen LogP) is 3.91. The van der Waals surface area contributed by atoms with E-state index in [0.717, 1.165) is 25.2 Å². The predicted molar refractivity (Wildman–Crippen MR) is 75.8 cm³/mol. The number of hydrogen-bond acceptors (Lipinski definition) is 2. The quantitative estimate of drug-likeness (QED) is 0.851. The van der Waals surface area contributed by atoms with E-state index in [1.54, 1.807) is 12.1 Å². The van der Waals surface area contributed by atoms with Crippen molar-refractivity contribution in [2.45, 2.75) is 27.2 Å². The van der Waals surface area contributed by atoms with Crippen LogP contribution in [0.1, 0.15) is 37.6 Å². The number of nitrogens with zero attached hydrogens (tertiary/aromatic N) is 1. The van der Waals surface area contributed by atoms with Crippen LogP contribution in [0.5, 0.6) is 0 Å². The first-order valence-electron chi connectivity index (χ1n) is 6.27. The molecular formula is C14H20ClNO2. The molecule has 0 aliphatic carbocycles. The molecule has 0 aromatic heterocycles. The standard InChI is InChI=1S/C14H20ClNO2/c1-4-10(3)9-16(5-2)13-7-6-11(14(17)18)8-12(13)15/h6-8,10H,4-5,9H2,1-3H3,(H,17,18). The monoisotopic (exact) mass is 269 g/mol. The van der Waals surface area contributed by atoms with Gasteiger partial charge in [0.2, 0.25) is 0 Å². The number of halogens is 1. The van der Waals surface area contributed by atoms with Gasteiger partial charge in [-0.15, -0.1) is 0 Å². The molecule has 0 heterocycles. The Kier molecular flexibility index (Phi) is 5.48. The Morgan fingerprint density at radius 3 is 2.56 bits per heavy atom. The number of hydrogen-bond donors (Lipinski definition) is 1. The molecule has 0 bridgehead atoms. The van der Waals surface area contributed by atoms with E-state index in [4.69, 9.17) is 16.7 Å². The zero-order chi connectivity index (χ0) is 13.7. The first-order chi connectivity index (χ1) is 8.49. The number of benzene rings is 1. The maximum absolute atomic E-state index is 10.9. The highest BCUT2D eigenvalue weighted by atomic mass is 35.5. The van der Waals surface area contributed by atoms with E-state index < -0.39 is 5.97 Å². The summed E-state index contributed by atoms with van der Waals surface area (Å²) in [6.45, 7) is 8.22. The molecule has 1 unspecified atom stereocenters.